The summed E-state index contributed by atoms with van der Waals surface area (Å²) in [6.45, 7) is 4.52. The molecule has 1 saturated heterocycles. The Morgan fingerprint density at radius 3 is 1.58 bits per heavy atom. The molecule has 0 spiro atoms. The van der Waals surface area contributed by atoms with Gasteiger partial charge in [0.15, 0.2) is 6.29 Å². The number of ether oxygens (including phenoxy) is 4. The van der Waals surface area contributed by atoms with Crippen molar-refractivity contribution in [3.63, 3.8) is 0 Å². The van der Waals surface area contributed by atoms with E-state index in [9.17, 15) is 25.2 Å². The summed E-state index contributed by atoms with van der Waals surface area (Å²) in [5.41, 5.74) is 0. The zero-order chi connectivity index (χ0) is 37.9. The first-order valence-corrected chi connectivity index (χ1v) is 21.4. The Morgan fingerprint density at radius 1 is 0.596 bits per heavy atom. The van der Waals surface area contributed by atoms with Crippen molar-refractivity contribution < 1.29 is 44.2 Å². The maximum atomic E-state index is 12.7. The van der Waals surface area contributed by atoms with Gasteiger partial charge in [0.25, 0.3) is 0 Å². The zero-order valence-electron chi connectivity index (χ0n) is 33.3. The first-order chi connectivity index (χ1) is 25.4. The number of aliphatic hydroxyl groups excluding tert-OH is 4. The number of hydrogen-bond donors (Lipinski definition) is 4. The van der Waals surface area contributed by atoms with Gasteiger partial charge in [0.05, 0.1) is 19.8 Å². The molecule has 0 bridgehead atoms. The Bertz CT molecular complexity index is 848. The minimum atomic E-state index is -1.54. The summed E-state index contributed by atoms with van der Waals surface area (Å²) in [5.74, 6) is -0.325. The molecule has 0 radical (unpaired) electrons. The number of carbonyl (C=O) groups excluding carboxylic acids is 1. The molecule has 0 amide bonds. The van der Waals surface area contributed by atoms with Crippen LogP contribution >= 0.6 is 0 Å². The van der Waals surface area contributed by atoms with Gasteiger partial charge in [-0.2, -0.15) is 0 Å². The standard InChI is InChI=1S/C43H80O9/c1-3-5-7-9-11-13-15-17-18-19-21-23-25-27-29-31-33-49-35-37(36-50-43-42(48)41(47)40(46)38(34-44)52-43)51-39(45)32-30-28-26-24-22-20-16-14-12-10-8-6-4-2/h14,16-18,37-38,40-44,46-48H,3-13,15,19-36H2,1-2H3/b16-14-,18-17-. The van der Waals surface area contributed by atoms with Gasteiger partial charge in [-0.1, -0.05) is 134 Å². The summed E-state index contributed by atoms with van der Waals surface area (Å²) in [5, 5.41) is 40.0. The van der Waals surface area contributed by atoms with Gasteiger partial charge in [-0.3, -0.25) is 4.79 Å². The van der Waals surface area contributed by atoms with Crippen molar-refractivity contribution in [3.05, 3.63) is 24.3 Å². The van der Waals surface area contributed by atoms with Gasteiger partial charge in [0.2, 0.25) is 0 Å². The van der Waals surface area contributed by atoms with Crippen LogP contribution < -0.4 is 0 Å². The molecule has 1 aliphatic heterocycles. The maximum Gasteiger partial charge on any atom is 0.306 e. The van der Waals surface area contributed by atoms with Crippen LogP contribution in [-0.4, -0.2) is 89.6 Å². The van der Waals surface area contributed by atoms with E-state index in [0.29, 0.717) is 13.0 Å². The third-order valence-electron chi connectivity index (χ3n) is 9.84. The second kappa shape index (κ2) is 35.4. The van der Waals surface area contributed by atoms with E-state index in [1.165, 1.54) is 116 Å². The molecular weight excluding hydrogens is 660 g/mol. The topological polar surface area (TPSA) is 135 Å². The predicted octanol–water partition coefficient (Wildman–Crippen LogP) is 9.03. The Hall–Kier alpha value is -1.33. The minimum absolute atomic E-state index is 0.117. The molecule has 0 aromatic rings. The Morgan fingerprint density at radius 2 is 1.06 bits per heavy atom. The van der Waals surface area contributed by atoms with E-state index in [1.54, 1.807) is 0 Å². The van der Waals surface area contributed by atoms with Crippen molar-refractivity contribution in [3.8, 4) is 0 Å². The third-order valence-corrected chi connectivity index (χ3v) is 9.84. The van der Waals surface area contributed by atoms with Crippen molar-refractivity contribution in [2.75, 3.05) is 26.4 Å². The molecule has 4 N–H and O–H groups in total. The minimum Gasteiger partial charge on any atom is -0.457 e. The summed E-state index contributed by atoms with van der Waals surface area (Å²) < 4.78 is 22.8. The first-order valence-electron chi connectivity index (χ1n) is 21.4. The molecule has 1 heterocycles. The van der Waals surface area contributed by atoms with Crippen LogP contribution in [0.2, 0.25) is 0 Å². The second-order valence-electron chi connectivity index (χ2n) is 14.8. The lowest BCUT2D eigenvalue weighted by Gasteiger charge is -2.39. The Labute approximate surface area is 317 Å². The van der Waals surface area contributed by atoms with Crippen LogP contribution in [0.25, 0.3) is 0 Å². The van der Waals surface area contributed by atoms with E-state index in [2.05, 4.69) is 38.2 Å². The molecule has 9 heteroatoms. The summed E-state index contributed by atoms with van der Waals surface area (Å²) in [6.07, 6.45) is 32.0. The summed E-state index contributed by atoms with van der Waals surface area (Å²) in [6, 6.07) is 0. The number of allylic oxidation sites excluding steroid dienone is 4. The molecular formula is C43H80O9. The summed E-state index contributed by atoms with van der Waals surface area (Å²) >= 11 is 0. The van der Waals surface area contributed by atoms with Gasteiger partial charge < -0.3 is 39.4 Å². The SMILES string of the molecule is CCCCCC/C=C\CCCCCCCC(=O)OC(COCCCCCCCC/C=C\CCCCCCCC)COC1OC(CO)C(O)C(O)C1O. The molecule has 1 fully saturated rings. The van der Waals surface area contributed by atoms with Gasteiger partial charge in [-0.05, 0) is 64.2 Å². The monoisotopic (exact) mass is 741 g/mol. The predicted molar refractivity (Wildman–Crippen MR) is 210 cm³/mol. The average Bonchev–Trinajstić information content (AvgIpc) is 3.14. The molecule has 306 valence electrons. The zero-order valence-corrected chi connectivity index (χ0v) is 33.3. The molecule has 0 aromatic carbocycles. The third kappa shape index (κ3) is 26.4. The molecule has 6 unspecified atom stereocenters. The fourth-order valence-corrected chi connectivity index (χ4v) is 6.42. The smallest absolute Gasteiger partial charge is 0.306 e. The molecule has 9 nitrogen and oxygen atoms in total. The summed E-state index contributed by atoms with van der Waals surface area (Å²) in [4.78, 5) is 12.7. The van der Waals surface area contributed by atoms with Crippen LogP contribution in [-0.2, 0) is 23.7 Å². The van der Waals surface area contributed by atoms with Gasteiger partial charge in [-0.15, -0.1) is 0 Å². The average molecular weight is 741 g/mol. The normalized spacial score (nSPS) is 21.4. The fourth-order valence-electron chi connectivity index (χ4n) is 6.42. The van der Waals surface area contributed by atoms with Crippen molar-refractivity contribution in [1.29, 1.82) is 0 Å². The van der Waals surface area contributed by atoms with E-state index in [4.69, 9.17) is 18.9 Å². The highest BCUT2D eigenvalue weighted by Crippen LogP contribution is 2.22. The van der Waals surface area contributed by atoms with Gasteiger partial charge in [0, 0.05) is 13.0 Å². The lowest BCUT2D eigenvalue weighted by Crippen LogP contribution is -2.59. The Kier molecular flexibility index (Phi) is 33.1. The molecule has 6 atom stereocenters. The van der Waals surface area contributed by atoms with E-state index < -0.39 is 43.4 Å². The van der Waals surface area contributed by atoms with E-state index in [1.807, 2.05) is 0 Å². The lowest BCUT2D eigenvalue weighted by molar-refractivity contribution is -0.305. The van der Waals surface area contributed by atoms with E-state index in [0.717, 1.165) is 44.9 Å². The van der Waals surface area contributed by atoms with Gasteiger partial charge in [0.1, 0.15) is 30.5 Å². The number of rotatable bonds is 36. The maximum absolute atomic E-state index is 12.7. The Balaban J connectivity index is 2.29. The largest absolute Gasteiger partial charge is 0.457 e. The van der Waals surface area contributed by atoms with Gasteiger partial charge >= 0.3 is 5.97 Å². The van der Waals surface area contributed by atoms with Crippen LogP contribution in [0.4, 0.5) is 0 Å². The van der Waals surface area contributed by atoms with E-state index >= 15 is 0 Å². The quantitative estimate of drug-likeness (QED) is 0.0282. The summed E-state index contributed by atoms with van der Waals surface area (Å²) in [7, 11) is 0. The van der Waals surface area contributed by atoms with Crippen LogP contribution in [0.15, 0.2) is 24.3 Å². The molecule has 0 aromatic heterocycles. The molecule has 1 rings (SSSR count). The van der Waals surface area contributed by atoms with E-state index in [-0.39, 0.29) is 19.2 Å². The highest BCUT2D eigenvalue weighted by molar-refractivity contribution is 5.69. The number of esters is 1. The van der Waals surface area contributed by atoms with Crippen molar-refractivity contribution >= 4 is 5.97 Å². The van der Waals surface area contributed by atoms with Crippen LogP contribution in [0.3, 0.4) is 0 Å². The number of hydrogen-bond acceptors (Lipinski definition) is 9. The highest BCUT2D eigenvalue weighted by atomic mass is 16.7. The van der Waals surface area contributed by atoms with Crippen molar-refractivity contribution in [2.45, 2.75) is 218 Å². The molecule has 52 heavy (non-hydrogen) atoms. The number of unbranched alkanes of at least 4 members (excludes halogenated alkanes) is 21. The van der Waals surface area contributed by atoms with Gasteiger partial charge in [-0.25, -0.2) is 0 Å². The van der Waals surface area contributed by atoms with Crippen molar-refractivity contribution in [1.82, 2.24) is 0 Å². The lowest BCUT2D eigenvalue weighted by atomic mass is 9.99. The van der Waals surface area contributed by atoms with Crippen molar-refractivity contribution in [2.24, 2.45) is 0 Å². The first kappa shape index (κ1) is 48.7. The fraction of sp³-hybridized carbons (Fsp3) is 0.884. The van der Waals surface area contributed by atoms with Crippen LogP contribution in [0.1, 0.15) is 181 Å². The van der Waals surface area contributed by atoms with Crippen LogP contribution in [0.5, 0.6) is 0 Å². The number of carbonyl (C=O) groups is 1. The molecule has 1 aliphatic rings. The molecule has 0 aliphatic carbocycles. The van der Waals surface area contributed by atoms with Crippen LogP contribution in [0, 0.1) is 0 Å². The molecule has 0 saturated carbocycles. The highest BCUT2D eigenvalue weighted by Gasteiger charge is 2.44. The second-order valence-corrected chi connectivity index (χ2v) is 14.8. The number of aliphatic hydroxyl groups is 4.